The summed E-state index contributed by atoms with van der Waals surface area (Å²) in [5.74, 6) is 0. The molecule has 0 aromatic heterocycles. The van der Waals surface area contributed by atoms with Crippen molar-refractivity contribution < 1.29 is 33.8 Å². The van der Waals surface area contributed by atoms with Gasteiger partial charge in [0.25, 0.3) is 0 Å². The maximum absolute atomic E-state index is 8.74. The Balaban J connectivity index is -0.0000000389. The van der Waals surface area contributed by atoms with Crippen LogP contribution in [0.15, 0.2) is 12.8 Å². The molecule has 0 atom stereocenters. The molecule has 0 radical (unpaired) electrons. The molecule has 0 rings (SSSR count). The standard InChI is InChI=1S/C2H4O.Na.2H3O3P.H/c1-2-3;;2*1-4(2)3;/h2-3H,1H2;;2*4H,(H2,1,2,3);. The van der Waals surface area contributed by atoms with Crippen LogP contribution in [0.2, 0.25) is 0 Å². The Morgan fingerprint density at radius 2 is 1.00 bits per heavy atom. The minimum atomic E-state index is -3.13. The molecule has 0 aliphatic carbocycles. The molecule has 0 saturated carbocycles. The number of hydrogen-bond acceptors (Lipinski definition) is 3. The Labute approximate surface area is 92.6 Å². The molecule has 72 valence electrons. The zero-order valence-corrected chi connectivity index (χ0v) is 7.34. The van der Waals surface area contributed by atoms with Gasteiger partial charge in [-0.2, -0.15) is 0 Å². The van der Waals surface area contributed by atoms with Gasteiger partial charge in [0.1, 0.15) is 0 Å². The topological polar surface area (TPSA) is 135 Å². The first-order valence-electron chi connectivity index (χ1n) is 1.97. The first kappa shape index (κ1) is 23.0. The maximum atomic E-state index is 8.74. The van der Waals surface area contributed by atoms with E-state index >= 15 is 0 Å². The summed E-state index contributed by atoms with van der Waals surface area (Å²) in [5, 5.41) is 7.33. The number of hydrogen-bond donors (Lipinski definition) is 5. The van der Waals surface area contributed by atoms with Crippen molar-refractivity contribution in [2.75, 3.05) is 0 Å². The Bertz CT molecular complexity index is 107. The predicted molar refractivity (Wildman–Crippen MR) is 46.9 cm³/mol. The summed E-state index contributed by atoms with van der Waals surface area (Å²) in [4.78, 5) is 28.6. The molecule has 0 unspecified atom stereocenters. The fourth-order valence-electron chi connectivity index (χ4n) is 0. The second kappa shape index (κ2) is 22.6. The van der Waals surface area contributed by atoms with Crippen LogP contribution in [0.5, 0.6) is 0 Å². The van der Waals surface area contributed by atoms with E-state index in [0.29, 0.717) is 0 Å². The van der Waals surface area contributed by atoms with E-state index in [1.165, 1.54) is 0 Å². The Hall–Kier alpha value is 0.840. The van der Waals surface area contributed by atoms with E-state index in [-0.39, 0.29) is 29.6 Å². The molecule has 0 bridgehead atoms. The van der Waals surface area contributed by atoms with Gasteiger partial charge in [0.15, 0.2) is 0 Å². The van der Waals surface area contributed by atoms with Gasteiger partial charge in [-0.15, -0.1) is 0 Å². The zero-order chi connectivity index (χ0) is 9.86. The van der Waals surface area contributed by atoms with E-state index in [9.17, 15) is 0 Å². The van der Waals surface area contributed by atoms with Crippen LogP contribution in [0.4, 0.5) is 0 Å². The third-order valence-electron chi connectivity index (χ3n) is 0. The van der Waals surface area contributed by atoms with Gasteiger partial charge in [-0.05, 0) is 0 Å². The minimum absolute atomic E-state index is 0. The molecular formula is C2H11NaO7P2. The van der Waals surface area contributed by atoms with Crippen LogP contribution in [0.1, 0.15) is 0 Å². The van der Waals surface area contributed by atoms with Gasteiger partial charge in [0.05, 0.1) is 6.26 Å². The molecule has 0 saturated heterocycles. The molecule has 0 aliphatic rings. The predicted octanol–water partition coefficient (Wildman–Crippen LogP) is -1.24. The molecule has 0 aromatic rings. The summed E-state index contributed by atoms with van der Waals surface area (Å²) >= 11 is 0. The number of aliphatic hydroxyl groups is 1. The number of rotatable bonds is 0. The van der Waals surface area contributed by atoms with E-state index in [2.05, 4.69) is 6.58 Å². The fourth-order valence-corrected chi connectivity index (χ4v) is 0. The van der Waals surface area contributed by atoms with E-state index in [1.807, 2.05) is 0 Å². The third-order valence-corrected chi connectivity index (χ3v) is 0. The molecule has 5 N–H and O–H groups in total. The van der Waals surface area contributed by atoms with Crippen molar-refractivity contribution in [1.29, 1.82) is 0 Å². The van der Waals surface area contributed by atoms with Crippen molar-refractivity contribution in [3.8, 4) is 0 Å². The average molecular weight is 232 g/mol. The molecule has 0 aromatic carbocycles. The van der Waals surface area contributed by atoms with Gasteiger partial charge in [0, 0.05) is 0 Å². The van der Waals surface area contributed by atoms with Crippen LogP contribution < -0.4 is 0 Å². The molecule has 0 aliphatic heterocycles. The quantitative estimate of drug-likeness (QED) is 0.200. The van der Waals surface area contributed by atoms with Crippen LogP contribution in [0, 0.1) is 0 Å². The Morgan fingerprint density at radius 1 is 1.00 bits per heavy atom. The summed E-state index contributed by atoms with van der Waals surface area (Å²) in [6, 6.07) is 0. The molecule has 10 heteroatoms. The zero-order valence-electron chi connectivity index (χ0n) is 5.34. The van der Waals surface area contributed by atoms with Crippen LogP contribution in [-0.4, -0.2) is 54.2 Å². The van der Waals surface area contributed by atoms with Gasteiger partial charge in [0.2, 0.25) is 0 Å². The van der Waals surface area contributed by atoms with Crippen molar-refractivity contribution in [2.24, 2.45) is 0 Å². The normalized spacial score (nSPS) is 6.83. The average Bonchev–Trinajstić information content (AvgIpc) is 1.60. The van der Waals surface area contributed by atoms with Crippen molar-refractivity contribution in [3.05, 3.63) is 12.8 Å². The van der Waals surface area contributed by atoms with Crippen molar-refractivity contribution in [1.82, 2.24) is 0 Å². The summed E-state index contributed by atoms with van der Waals surface area (Å²) in [6.07, 6.45) is 0.750. The Kier molecular flexibility index (Phi) is 43.4. The van der Waals surface area contributed by atoms with Gasteiger partial charge in [-0.25, -0.2) is 0 Å². The van der Waals surface area contributed by atoms with Gasteiger partial charge in [-0.1, -0.05) is 6.58 Å². The van der Waals surface area contributed by atoms with Gasteiger partial charge < -0.3 is 24.7 Å². The van der Waals surface area contributed by atoms with Crippen LogP contribution in [0.3, 0.4) is 0 Å². The molecule has 0 amide bonds. The monoisotopic (exact) mass is 232 g/mol. The SMILES string of the molecule is C=CO.O=[PH](O)O.O=[PH](O)O.[NaH]. The van der Waals surface area contributed by atoms with Crippen LogP contribution in [-0.2, 0) is 9.13 Å². The number of aliphatic hydroxyl groups excluding tert-OH is 1. The van der Waals surface area contributed by atoms with Crippen molar-refractivity contribution >= 4 is 46.1 Å². The van der Waals surface area contributed by atoms with Gasteiger partial charge in [-0.3, -0.25) is 9.13 Å². The molecule has 0 fully saturated rings. The second-order valence-corrected chi connectivity index (χ2v) is 1.88. The summed E-state index contributed by atoms with van der Waals surface area (Å²) < 4.78 is 17.5. The summed E-state index contributed by atoms with van der Waals surface area (Å²) in [6.45, 7) is 2.92. The summed E-state index contributed by atoms with van der Waals surface area (Å²) in [7, 11) is -6.26. The van der Waals surface area contributed by atoms with E-state index in [0.717, 1.165) is 6.26 Å². The third kappa shape index (κ3) is 1490. The van der Waals surface area contributed by atoms with Crippen LogP contribution in [0.25, 0.3) is 0 Å². The Morgan fingerprint density at radius 3 is 1.00 bits per heavy atom. The fraction of sp³-hybridized carbons (Fsp3) is 0. The first-order valence-corrected chi connectivity index (χ1v) is 4.57. The van der Waals surface area contributed by atoms with Crippen molar-refractivity contribution in [3.63, 3.8) is 0 Å². The molecular weight excluding hydrogens is 221 g/mol. The van der Waals surface area contributed by atoms with Crippen LogP contribution >= 0.6 is 16.5 Å². The molecule has 0 spiro atoms. The van der Waals surface area contributed by atoms with E-state index < -0.39 is 16.5 Å². The second-order valence-electron chi connectivity index (χ2n) is 0.748. The van der Waals surface area contributed by atoms with Gasteiger partial charge >= 0.3 is 46.1 Å². The summed E-state index contributed by atoms with van der Waals surface area (Å²) in [5.41, 5.74) is 0. The first-order chi connectivity index (χ1) is 4.88. The van der Waals surface area contributed by atoms with Crippen molar-refractivity contribution in [2.45, 2.75) is 0 Å². The van der Waals surface area contributed by atoms with E-state index in [4.69, 9.17) is 33.8 Å². The molecule has 7 nitrogen and oxygen atoms in total. The molecule has 0 heterocycles. The van der Waals surface area contributed by atoms with E-state index in [1.54, 1.807) is 0 Å². The molecule has 12 heavy (non-hydrogen) atoms.